The third-order valence-electron chi connectivity index (χ3n) is 2.87. The normalized spacial score (nSPS) is 9.76. The van der Waals surface area contributed by atoms with Crippen molar-refractivity contribution in [3.63, 3.8) is 0 Å². The molecule has 2 aromatic carbocycles. The van der Waals surface area contributed by atoms with Gasteiger partial charge in [0.05, 0.1) is 12.8 Å². The van der Waals surface area contributed by atoms with Crippen LogP contribution in [0.3, 0.4) is 0 Å². The Morgan fingerprint density at radius 3 is 2.62 bits per heavy atom. The summed E-state index contributed by atoms with van der Waals surface area (Å²) in [5, 5.41) is 12.4. The quantitative estimate of drug-likeness (QED) is 0.880. The van der Waals surface area contributed by atoms with E-state index in [1.807, 2.05) is 42.5 Å². The molecule has 0 heterocycles. The van der Waals surface area contributed by atoms with Crippen LogP contribution < -0.4 is 14.8 Å². The number of benzene rings is 2. The average Bonchev–Trinajstić information content (AvgIpc) is 2.52. The molecule has 0 aliphatic carbocycles. The highest BCUT2D eigenvalue weighted by Gasteiger charge is 2.03. The second kappa shape index (κ2) is 7.41. The molecular formula is C16H15ClN2O2. The van der Waals surface area contributed by atoms with Crippen molar-refractivity contribution >= 4 is 17.3 Å². The molecule has 1 N–H and O–H groups in total. The zero-order valence-corrected chi connectivity index (χ0v) is 12.4. The van der Waals surface area contributed by atoms with E-state index in [2.05, 4.69) is 5.32 Å². The molecule has 0 radical (unpaired) electrons. The maximum absolute atomic E-state index is 8.46. The minimum Gasteiger partial charge on any atom is -0.495 e. The van der Waals surface area contributed by atoms with Gasteiger partial charge in [-0.2, -0.15) is 5.26 Å². The molecule has 4 nitrogen and oxygen atoms in total. The number of hydrogen-bond acceptors (Lipinski definition) is 4. The molecular weight excluding hydrogens is 288 g/mol. The Labute approximate surface area is 128 Å². The van der Waals surface area contributed by atoms with Crippen LogP contribution >= 0.6 is 11.6 Å². The Bertz CT molecular complexity index is 636. The number of hydrogen-bond donors (Lipinski definition) is 1. The van der Waals surface area contributed by atoms with E-state index in [0.29, 0.717) is 17.3 Å². The molecule has 2 rings (SSSR count). The lowest BCUT2D eigenvalue weighted by Crippen LogP contribution is -2.01. The van der Waals surface area contributed by atoms with E-state index >= 15 is 0 Å². The van der Waals surface area contributed by atoms with Gasteiger partial charge in [-0.05, 0) is 35.9 Å². The van der Waals surface area contributed by atoms with E-state index in [4.69, 9.17) is 26.3 Å². The van der Waals surface area contributed by atoms with Gasteiger partial charge in [0.15, 0.2) is 6.61 Å². The highest BCUT2D eigenvalue weighted by atomic mass is 35.5. The van der Waals surface area contributed by atoms with Gasteiger partial charge in [-0.1, -0.05) is 23.7 Å². The van der Waals surface area contributed by atoms with Crippen molar-refractivity contribution in [3.8, 4) is 17.6 Å². The van der Waals surface area contributed by atoms with Crippen LogP contribution in [-0.2, 0) is 6.54 Å². The van der Waals surface area contributed by atoms with E-state index in [0.717, 1.165) is 17.0 Å². The highest BCUT2D eigenvalue weighted by Crippen LogP contribution is 2.28. The van der Waals surface area contributed by atoms with Crippen LogP contribution in [0, 0.1) is 11.3 Å². The molecule has 0 aliphatic heterocycles. The predicted octanol–water partition coefficient (Wildman–Crippen LogP) is 3.86. The first-order valence-corrected chi connectivity index (χ1v) is 6.77. The van der Waals surface area contributed by atoms with E-state index in [1.165, 1.54) is 0 Å². The van der Waals surface area contributed by atoms with Crippen LogP contribution in [0.4, 0.5) is 5.69 Å². The van der Waals surface area contributed by atoms with Gasteiger partial charge in [0.25, 0.3) is 0 Å². The molecule has 5 heteroatoms. The SMILES string of the molecule is COc1ccc(Cl)cc1NCc1ccc(OCC#N)cc1. The lowest BCUT2D eigenvalue weighted by molar-refractivity contribution is 0.368. The molecule has 0 aliphatic rings. The summed E-state index contributed by atoms with van der Waals surface area (Å²) in [7, 11) is 1.62. The first-order valence-electron chi connectivity index (χ1n) is 6.39. The van der Waals surface area contributed by atoms with Gasteiger partial charge in [-0.25, -0.2) is 0 Å². The van der Waals surface area contributed by atoms with E-state index < -0.39 is 0 Å². The fourth-order valence-electron chi connectivity index (χ4n) is 1.83. The maximum atomic E-state index is 8.46. The molecule has 2 aromatic rings. The smallest absolute Gasteiger partial charge is 0.174 e. The Hall–Kier alpha value is -2.38. The summed E-state index contributed by atoms with van der Waals surface area (Å²) >= 11 is 5.99. The summed E-state index contributed by atoms with van der Waals surface area (Å²) in [5.41, 5.74) is 1.93. The molecule has 0 unspecified atom stereocenters. The largest absolute Gasteiger partial charge is 0.495 e. The van der Waals surface area contributed by atoms with Crippen molar-refractivity contribution in [2.75, 3.05) is 19.0 Å². The molecule has 0 fully saturated rings. The number of nitrogens with zero attached hydrogens (tertiary/aromatic N) is 1. The summed E-state index contributed by atoms with van der Waals surface area (Å²) in [5.74, 6) is 1.43. The Kier molecular flexibility index (Phi) is 5.30. The van der Waals surface area contributed by atoms with E-state index in [1.54, 1.807) is 13.2 Å². The Balaban J connectivity index is 2.00. The lowest BCUT2D eigenvalue weighted by atomic mass is 10.2. The number of nitrogens with one attached hydrogen (secondary N) is 1. The summed E-state index contributed by atoms with van der Waals surface area (Å²) in [6.07, 6.45) is 0. The van der Waals surface area contributed by atoms with Gasteiger partial charge < -0.3 is 14.8 Å². The van der Waals surface area contributed by atoms with Gasteiger partial charge >= 0.3 is 0 Å². The second-order valence-electron chi connectivity index (χ2n) is 4.29. The molecule has 0 saturated carbocycles. The Morgan fingerprint density at radius 1 is 1.19 bits per heavy atom. The Morgan fingerprint density at radius 2 is 1.95 bits per heavy atom. The summed E-state index contributed by atoms with van der Waals surface area (Å²) in [4.78, 5) is 0. The summed E-state index contributed by atoms with van der Waals surface area (Å²) in [6, 6.07) is 14.9. The van der Waals surface area contributed by atoms with Gasteiger partial charge in [-0.15, -0.1) is 0 Å². The van der Waals surface area contributed by atoms with Crippen LogP contribution in [-0.4, -0.2) is 13.7 Å². The van der Waals surface area contributed by atoms with Gasteiger partial charge in [0.2, 0.25) is 0 Å². The molecule has 0 atom stereocenters. The number of ether oxygens (including phenoxy) is 2. The van der Waals surface area contributed by atoms with Crippen LogP contribution in [0.25, 0.3) is 0 Å². The fraction of sp³-hybridized carbons (Fsp3) is 0.188. The van der Waals surface area contributed by atoms with Gasteiger partial charge in [0, 0.05) is 11.6 Å². The number of rotatable bonds is 6. The zero-order valence-electron chi connectivity index (χ0n) is 11.6. The fourth-order valence-corrected chi connectivity index (χ4v) is 2.01. The number of methoxy groups -OCH3 is 1. The van der Waals surface area contributed by atoms with Crippen LogP contribution in [0.2, 0.25) is 5.02 Å². The topological polar surface area (TPSA) is 54.3 Å². The van der Waals surface area contributed by atoms with Crippen LogP contribution in [0.1, 0.15) is 5.56 Å². The summed E-state index contributed by atoms with van der Waals surface area (Å²) in [6.45, 7) is 0.687. The molecule has 0 saturated heterocycles. The van der Waals surface area contributed by atoms with Gasteiger partial charge in [0.1, 0.15) is 17.6 Å². The third-order valence-corrected chi connectivity index (χ3v) is 3.11. The van der Waals surface area contributed by atoms with Crippen molar-refractivity contribution in [1.82, 2.24) is 0 Å². The zero-order chi connectivity index (χ0) is 15.1. The average molecular weight is 303 g/mol. The molecule has 21 heavy (non-hydrogen) atoms. The highest BCUT2D eigenvalue weighted by molar-refractivity contribution is 6.30. The second-order valence-corrected chi connectivity index (χ2v) is 4.73. The van der Waals surface area contributed by atoms with Crippen molar-refractivity contribution in [2.45, 2.75) is 6.54 Å². The minimum absolute atomic E-state index is 0.0529. The molecule has 108 valence electrons. The van der Waals surface area contributed by atoms with Crippen molar-refractivity contribution in [3.05, 3.63) is 53.1 Å². The van der Waals surface area contributed by atoms with Crippen molar-refractivity contribution in [1.29, 1.82) is 5.26 Å². The number of nitriles is 1. The molecule has 0 amide bonds. The number of halogens is 1. The van der Waals surface area contributed by atoms with E-state index in [-0.39, 0.29) is 6.61 Å². The first kappa shape index (κ1) is 15.0. The lowest BCUT2D eigenvalue weighted by Gasteiger charge is -2.12. The van der Waals surface area contributed by atoms with Crippen molar-refractivity contribution in [2.24, 2.45) is 0 Å². The minimum atomic E-state index is 0.0529. The monoisotopic (exact) mass is 302 g/mol. The van der Waals surface area contributed by atoms with Crippen molar-refractivity contribution < 1.29 is 9.47 Å². The first-order chi connectivity index (χ1) is 10.2. The third kappa shape index (κ3) is 4.30. The molecule has 0 spiro atoms. The van der Waals surface area contributed by atoms with E-state index in [9.17, 15) is 0 Å². The van der Waals surface area contributed by atoms with Gasteiger partial charge in [-0.3, -0.25) is 0 Å². The summed E-state index contributed by atoms with van der Waals surface area (Å²) < 4.78 is 10.5. The standard InChI is InChI=1S/C16H15ClN2O2/c1-20-16-7-4-13(17)10-15(16)19-11-12-2-5-14(6-3-12)21-9-8-18/h2-7,10,19H,9,11H2,1H3. The maximum Gasteiger partial charge on any atom is 0.174 e. The van der Waals surface area contributed by atoms with Crippen LogP contribution in [0.15, 0.2) is 42.5 Å². The van der Waals surface area contributed by atoms with Crippen LogP contribution in [0.5, 0.6) is 11.5 Å². The number of anilines is 1. The molecule has 0 aromatic heterocycles. The molecule has 0 bridgehead atoms. The predicted molar refractivity (Wildman–Crippen MR) is 82.9 cm³/mol.